The third-order valence-electron chi connectivity index (χ3n) is 7.00. The Morgan fingerprint density at radius 1 is 1.00 bits per heavy atom. The quantitative estimate of drug-likeness (QED) is 0.449. The maximum atomic E-state index is 13.0. The summed E-state index contributed by atoms with van der Waals surface area (Å²) in [5.74, 6) is 2.51. The Balaban J connectivity index is 1.79. The van der Waals surface area contributed by atoms with Crippen molar-refractivity contribution >= 4 is 9.84 Å². The largest absolute Gasteiger partial charge is 0.490 e. The van der Waals surface area contributed by atoms with Crippen LogP contribution in [0.5, 0.6) is 5.75 Å². The predicted octanol–water partition coefficient (Wildman–Crippen LogP) is 5.98. The molecule has 1 aromatic rings. The topological polar surface area (TPSA) is 81.4 Å². The smallest absolute Gasteiger partial charge is 0.180 e. The molecule has 7 heteroatoms. The van der Waals surface area contributed by atoms with E-state index in [1.807, 2.05) is 12.1 Å². The summed E-state index contributed by atoms with van der Waals surface area (Å²) < 4.78 is 33.5. The summed E-state index contributed by atoms with van der Waals surface area (Å²) in [6.45, 7) is 9.73. The molecule has 0 unspecified atom stereocenters. The molecule has 2 heterocycles. The van der Waals surface area contributed by atoms with Gasteiger partial charge >= 0.3 is 0 Å². The second-order valence-electron chi connectivity index (χ2n) is 9.84. The van der Waals surface area contributed by atoms with Gasteiger partial charge in [0, 0.05) is 17.3 Å². The fourth-order valence-electron chi connectivity index (χ4n) is 4.77. The van der Waals surface area contributed by atoms with Gasteiger partial charge in [-0.3, -0.25) is 0 Å². The number of nitrogens with zero attached hydrogens (tertiary/aromatic N) is 2. The first-order chi connectivity index (χ1) is 15.6. The number of fused-ring (bicyclic) bond motifs is 1. The third kappa shape index (κ3) is 4.47. The van der Waals surface area contributed by atoms with Crippen LogP contribution < -0.4 is 4.74 Å². The molecule has 1 fully saturated rings. The van der Waals surface area contributed by atoms with Gasteiger partial charge in [0.2, 0.25) is 0 Å². The van der Waals surface area contributed by atoms with E-state index in [1.54, 1.807) is 45.2 Å². The van der Waals surface area contributed by atoms with Crippen LogP contribution in [0, 0.1) is 18.8 Å². The van der Waals surface area contributed by atoms with E-state index in [1.165, 1.54) is 0 Å². The highest BCUT2D eigenvalue weighted by Crippen LogP contribution is 2.42. The molecular formula is C26H34N2O4S. The van der Waals surface area contributed by atoms with Crippen LogP contribution in [-0.4, -0.2) is 34.7 Å². The van der Waals surface area contributed by atoms with Gasteiger partial charge in [0.05, 0.1) is 21.9 Å². The Labute approximate surface area is 196 Å². The molecule has 0 amide bonds. The Morgan fingerprint density at radius 3 is 2.33 bits per heavy atom. The van der Waals surface area contributed by atoms with Crippen molar-refractivity contribution in [1.29, 1.82) is 0 Å². The van der Waals surface area contributed by atoms with Crippen LogP contribution in [0.4, 0.5) is 0 Å². The summed E-state index contributed by atoms with van der Waals surface area (Å²) in [7, 11) is -3.46. The molecule has 0 radical (unpaired) electrons. The molecule has 178 valence electrons. The van der Waals surface area contributed by atoms with E-state index in [4.69, 9.17) is 4.74 Å². The van der Waals surface area contributed by atoms with Crippen LogP contribution in [-0.2, 0) is 9.84 Å². The average Bonchev–Trinajstić information content (AvgIpc) is 3.27. The van der Waals surface area contributed by atoms with Crippen molar-refractivity contribution in [2.75, 3.05) is 0 Å². The summed E-state index contributed by atoms with van der Waals surface area (Å²) >= 11 is 0. The van der Waals surface area contributed by atoms with Gasteiger partial charge in [-0.05, 0) is 94.2 Å². The molecule has 1 aliphatic carbocycles. The van der Waals surface area contributed by atoms with Crippen molar-refractivity contribution in [2.45, 2.75) is 76.6 Å². The van der Waals surface area contributed by atoms with Crippen molar-refractivity contribution < 1.29 is 18.4 Å². The minimum absolute atomic E-state index is 0.104. The molecule has 1 saturated carbocycles. The van der Waals surface area contributed by atoms with Crippen molar-refractivity contribution in [3.05, 3.63) is 42.2 Å². The van der Waals surface area contributed by atoms with E-state index in [9.17, 15) is 13.6 Å². The maximum Gasteiger partial charge on any atom is 0.180 e. The first kappa shape index (κ1) is 23.6. The second kappa shape index (κ2) is 9.01. The molecule has 3 aliphatic rings. The van der Waals surface area contributed by atoms with E-state index < -0.39 is 15.1 Å². The van der Waals surface area contributed by atoms with E-state index in [2.05, 4.69) is 18.8 Å². The average molecular weight is 471 g/mol. The zero-order valence-corrected chi connectivity index (χ0v) is 20.9. The number of aromatic nitrogens is 2. The summed E-state index contributed by atoms with van der Waals surface area (Å²) in [6, 6.07) is 8.84. The van der Waals surface area contributed by atoms with Crippen molar-refractivity contribution in [3.8, 4) is 28.3 Å². The molecule has 1 N–H and O–H groups in total. The highest BCUT2D eigenvalue weighted by molar-refractivity contribution is 7.92. The minimum atomic E-state index is -3.46. The number of hydrogen-bond acceptors (Lipinski definition) is 5. The van der Waals surface area contributed by atoms with Gasteiger partial charge in [-0.15, -0.1) is 0 Å². The second-order valence-corrected chi connectivity index (χ2v) is 12.3. The van der Waals surface area contributed by atoms with Crippen LogP contribution in [0.3, 0.4) is 0 Å². The monoisotopic (exact) mass is 470 g/mol. The summed E-state index contributed by atoms with van der Waals surface area (Å²) in [4.78, 5) is 4.56. The number of pyridine rings is 1. The van der Waals surface area contributed by atoms with Gasteiger partial charge in [-0.25, -0.2) is 13.4 Å². The van der Waals surface area contributed by atoms with Gasteiger partial charge in [0.15, 0.2) is 15.7 Å². The van der Waals surface area contributed by atoms with Crippen LogP contribution in [0.25, 0.3) is 22.5 Å². The fraction of sp³-hybridized carbons (Fsp3) is 0.500. The van der Waals surface area contributed by atoms with E-state index in [0.29, 0.717) is 28.7 Å². The predicted molar refractivity (Wildman–Crippen MR) is 130 cm³/mol. The van der Waals surface area contributed by atoms with Crippen LogP contribution in [0.1, 0.15) is 59.1 Å². The molecule has 0 spiro atoms. The van der Waals surface area contributed by atoms with E-state index >= 15 is 0 Å². The number of hydrogen-bond donors (Lipinski definition) is 1. The van der Waals surface area contributed by atoms with Gasteiger partial charge < -0.3 is 9.94 Å². The molecular weight excluding hydrogens is 436 g/mol. The molecule has 33 heavy (non-hydrogen) atoms. The lowest BCUT2D eigenvalue weighted by atomic mass is 9.80. The number of rotatable bonds is 6. The zero-order valence-electron chi connectivity index (χ0n) is 20.1. The number of ether oxygens (including phenoxy) is 1. The summed E-state index contributed by atoms with van der Waals surface area (Å²) in [5, 5.41) is 9.88. The number of sulfone groups is 1. The molecule has 0 saturated heterocycles. The molecule has 1 aromatic carbocycles. The molecule has 0 bridgehead atoms. The van der Waals surface area contributed by atoms with Gasteiger partial charge in [-0.1, -0.05) is 13.8 Å². The molecule has 2 aliphatic heterocycles. The number of aryl methyl sites for hydroxylation is 1. The van der Waals surface area contributed by atoms with Crippen LogP contribution >= 0.6 is 0 Å². The normalized spacial score (nSPS) is 19.5. The molecule has 0 aromatic heterocycles. The molecule has 0 atom stereocenters. The van der Waals surface area contributed by atoms with Crippen molar-refractivity contribution in [3.63, 3.8) is 0 Å². The lowest BCUT2D eigenvalue weighted by Gasteiger charge is -2.31. The Bertz CT molecular complexity index is 1200. The van der Waals surface area contributed by atoms with Crippen molar-refractivity contribution in [2.24, 2.45) is 11.8 Å². The first-order valence-electron chi connectivity index (χ1n) is 11.8. The summed E-state index contributed by atoms with van der Waals surface area (Å²) in [6.07, 6.45) is 6.01. The zero-order chi connectivity index (χ0) is 23.9. The van der Waals surface area contributed by atoms with Crippen molar-refractivity contribution in [1.82, 2.24) is 9.71 Å². The SMILES string of the molecule is Cc1cc(-c2cc(S(=O)(=O)C(C)C)ccc2OC2CCC(C(C)C)CC2)c2ccnc-2n1O. The van der Waals surface area contributed by atoms with Crippen LogP contribution in [0.15, 0.2) is 41.4 Å². The lowest BCUT2D eigenvalue weighted by Crippen LogP contribution is -2.26. The highest BCUT2D eigenvalue weighted by atomic mass is 32.2. The Morgan fingerprint density at radius 2 is 1.70 bits per heavy atom. The Hall–Kier alpha value is -2.54. The third-order valence-corrected chi connectivity index (χ3v) is 9.15. The molecule has 4 rings (SSSR count). The molecule has 6 nitrogen and oxygen atoms in total. The first-order valence-corrected chi connectivity index (χ1v) is 13.4. The minimum Gasteiger partial charge on any atom is -0.490 e. The van der Waals surface area contributed by atoms with Crippen LogP contribution in [0.2, 0.25) is 0 Å². The fourth-order valence-corrected chi connectivity index (χ4v) is 5.85. The highest BCUT2D eigenvalue weighted by Gasteiger charge is 2.28. The Kier molecular flexibility index (Phi) is 6.45. The lowest BCUT2D eigenvalue weighted by molar-refractivity contribution is 0.117. The van der Waals surface area contributed by atoms with Gasteiger partial charge in [0.1, 0.15) is 5.75 Å². The van der Waals surface area contributed by atoms with Gasteiger partial charge in [-0.2, -0.15) is 4.73 Å². The van der Waals surface area contributed by atoms with E-state index in [0.717, 1.165) is 47.5 Å². The maximum absolute atomic E-state index is 13.0. The number of benzene rings is 1. The van der Waals surface area contributed by atoms with E-state index in [-0.39, 0.29) is 11.0 Å². The van der Waals surface area contributed by atoms with Gasteiger partial charge in [0.25, 0.3) is 0 Å². The standard InChI is InChI=1S/C26H34N2O4S/c1-16(2)19-6-8-20(9-7-19)32-25-11-10-21(33(30,31)17(3)4)15-24(25)23-14-18(5)28(29)26-22(23)12-13-27-26/h10-17,19-20,29H,6-9H2,1-5H3. The summed E-state index contributed by atoms with van der Waals surface area (Å²) in [5.41, 5.74) is 2.87.